The summed E-state index contributed by atoms with van der Waals surface area (Å²) >= 11 is 1.68. The van der Waals surface area contributed by atoms with E-state index < -0.39 is 0 Å². The number of nitrogens with one attached hydrogen (secondary N) is 1. The Morgan fingerprint density at radius 1 is 0.960 bits per heavy atom. The number of benzene rings is 2. The van der Waals surface area contributed by atoms with Gasteiger partial charge in [-0.3, -0.25) is 4.79 Å². The van der Waals surface area contributed by atoms with Crippen LogP contribution in [0.3, 0.4) is 0 Å². The lowest BCUT2D eigenvalue weighted by molar-refractivity contribution is 0.102. The summed E-state index contributed by atoms with van der Waals surface area (Å²) in [7, 11) is 0. The van der Waals surface area contributed by atoms with E-state index in [1.165, 1.54) is 5.56 Å². The van der Waals surface area contributed by atoms with E-state index in [1.807, 2.05) is 74.5 Å². The van der Waals surface area contributed by atoms with Crippen molar-refractivity contribution < 1.29 is 4.79 Å². The highest BCUT2D eigenvalue weighted by Crippen LogP contribution is 2.22. The molecule has 0 aliphatic carbocycles. The first-order valence-corrected chi connectivity index (χ1v) is 9.12. The zero-order valence-electron chi connectivity index (χ0n) is 14.3. The van der Waals surface area contributed by atoms with Crippen LogP contribution in [0.25, 0.3) is 0 Å². The van der Waals surface area contributed by atoms with Crippen LogP contribution in [0.5, 0.6) is 0 Å². The molecule has 0 atom stereocenters. The Morgan fingerprint density at radius 3 is 2.32 bits per heavy atom. The van der Waals surface area contributed by atoms with Gasteiger partial charge >= 0.3 is 0 Å². The number of anilines is 1. The van der Waals surface area contributed by atoms with Crippen molar-refractivity contribution in [3.8, 4) is 0 Å². The normalized spacial score (nSPS) is 10.5. The minimum atomic E-state index is -0.0821. The number of aryl methyl sites for hydroxylation is 2. The number of para-hydroxylation sites is 1. The first-order chi connectivity index (χ1) is 12.1. The molecule has 2 aromatic carbocycles. The molecular formula is C21H20N2OS. The van der Waals surface area contributed by atoms with Crippen LogP contribution >= 0.6 is 11.8 Å². The van der Waals surface area contributed by atoms with E-state index in [-0.39, 0.29) is 5.91 Å². The van der Waals surface area contributed by atoms with Gasteiger partial charge in [-0.2, -0.15) is 0 Å². The van der Waals surface area contributed by atoms with Gasteiger partial charge in [-0.1, -0.05) is 36.4 Å². The second-order valence-electron chi connectivity index (χ2n) is 5.87. The van der Waals surface area contributed by atoms with Crippen LogP contribution in [0, 0.1) is 13.8 Å². The van der Waals surface area contributed by atoms with E-state index in [0.717, 1.165) is 27.6 Å². The summed E-state index contributed by atoms with van der Waals surface area (Å²) in [4.78, 5) is 16.8. The lowest BCUT2D eigenvalue weighted by Gasteiger charge is -2.11. The Labute approximate surface area is 152 Å². The molecule has 0 saturated carbocycles. The quantitative estimate of drug-likeness (QED) is 0.641. The summed E-state index contributed by atoms with van der Waals surface area (Å²) in [6, 6.07) is 19.6. The van der Waals surface area contributed by atoms with Crippen LogP contribution in [-0.2, 0) is 5.75 Å². The van der Waals surface area contributed by atoms with Crippen LogP contribution in [0.4, 0.5) is 5.69 Å². The predicted octanol–water partition coefficient (Wildman–Crippen LogP) is 5.24. The van der Waals surface area contributed by atoms with Crippen molar-refractivity contribution in [3.05, 3.63) is 89.1 Å². The molecule has 3 aromatic rings. The third kappa shape index (κ3) is 4.48. The van der Waals surface area contributed by atoms with Crippen LogP contribution in [0.15, 0.2) is 71.9 Å². The van der Waals surface area contributed by atoms with E-state index in [0.29, 0.717) is 5.56 Å². The van der Waals surface area contributed by atoms with E-state index >= 15 is 0 Å². The van der Waals surface area contributed by atoms with Gasteiger partial charge in [0, 0.05) is 23.2 Å². The van der Waals surface area contributed by atoms with Crippen molar-refractivity contribution >= 4 is 23.4 Å². The number of amides is 1. The van der Waals surface area contributed by atoms with Gasteiger partial charge in [-0.15, -0.1) is 11.8 Å². The molecule has 126 valence electrons. The summed E-state index contributed by atoms with van der Waals surface area (Å²) in [6.45, 7) is 4.00. The Morgan fingerprint density at radius 2 is 1.68 bits per heavy atom. The van der Waals surface area contributed by atoms with Crippen LogP contribution in [-0.4, -0.2) is 10.9 Å². The smallest absolute Gasteiger partial charge is 0.255 e. The molecule has 4 heteroatoms. The molecule has 0 aliphatic rings. The van der Waals surface area contributed by atoms with Gasteiger partial charge in [0.05, 0.1) is 5.03 Å². The fourth-order valence-electron chi connectivity index (χ4n) is 2.54. The first-order valence-electron chi connectivity index (χ1n) is 8.14. The van der Waals surface area contributed by atoms with Gasteiger partial charge in [-0.25, -0.2) is 4.98 Å². The van der Waals surface area contributed by atoms with Gasteiger partial charge in [0.15, 0.2) is 0 Å². The minimum Gasteiger partial charge on any atom is -0.322 e. The van der Waals surface area contributed by atoms with E-state index in [4.69, 9.17) is 0 Å². The van der Waals surface area contributed by atoms with Crippen molar-refractivity contribution in [1.29, 1.82) is 0 Å². The molecule has 1 N–H and O–H groups in total. The molecule has 3 rings (SSSR count). The average Bonchev–Trinajstić information content (AvgIpc) is 2.64. The maximum Gasteiger partial charge on any atom is 0.255 e. The lowest BCUT2D eigenvalue weighted by Crippen LogP contribution is -2.13. The number of thioether (sulfide) groups is 1. The molecule has 3 nitrogen and oxygen atoms in total. The highest BCUT2D eigenvalue weighted by molar-refractivity contribution is 7.98. The molecule has 1 aromatic heterocycles. The van der Waals surface area contributed by atoms with Crippen molar-refractivity contribution in [2.24, 2.45) is 0 Å². The standard InChI is InChI=1S/C21H20N2OS/c1-15-6-5-7-16(2)20(15)23-21(24)18-11-9-17(10-12-18)14-25-19-8-3-4-13-22-19/h3-13H,14H2,1-2H3,(H,23,24). The first kappa shape index (κ1) is 17.2. The maximum atomic E-state index is 12.5. The number of nitrogens with zero attached hydrogens (tertiary/aromatic N) is 1. The molecule has 0 aliphatic heterocycles. The molecule has 0 unspecified atom stereocenters. The average molecular weight is 348 g/mol. The van der Waals surface area contributed by atoms with Crippen molar-refractivity contribution in [2.75, 3.05) is 5.32 Å². The second-order valence-corrected chi connectivity index (χ2v) is 6.87. The molecule has 1 heterocycles. The van der Waals surface area contributed by atoms with E-state index in [9.17, 15) is 4.79 Å². The number of hydrogen-bond acceptors (Lipinski definition) is 3. The molecule has 0 spiro atoms. The Balaban J connectivity index is 1.64. The zero-order chi connectivity index (χ0) is 17.6. The predicted molar refractivity (Wildman–Crippen MR) is 104 cm³/mol. The Kier molecular flexibility index (Phi) is 5.51. The fraction of sp³-hybridized carbons (Fsp3) is 0.143. The Bertz CT molecular complexity index is 841. The summed E-state index contributed by atoms with van der Waals surface area (Å²) in [6.07, 6.45) is 1.79. The zero-order valence-corrected chi connectivity index (χ0v) is 15.1. The number of aromatic nitrogens is 1. The van der Waals surface area contributed by atoms with Crippen molar-refractivity contribution in [1.82, 2.24) is 4.98 Å². The summed E-state index contributed by atoms with van der Waals surface area (Å²) in [5, 5.41) is 4.02. The van der Waals surface area contributed by atoms with E-state index in [2.05, 4.69) is 10.3 Å². The SMILES string of the molecule is Cc1cccc(C)c1NC(=O)c1ccc(CSc2ccccn2)cc1. The fourth-order valence-corrected chi connectivity index (χ4v) is 3.36. The highest BCUT2D eigenvalue weighted by Gasteiger charge is 2.09. The molecule has 1 amide bonds. The highest BCUT2D eigenvalue weighted by atomic mass is 32.2. The molecule has 0 fully saturated rings. The number of pyridine rings is 1. The third-order valence-electron chi connectivity index (χ3n) is 3.96. The van der Waals surface area contributed by atoms with Crippen molar-refractivity contribution in [2.45, 2.75) is 24.6 Å². The topological polar surface area (TPSA) is 42.0 Å². The molecule has 0 radical (unpaired) electrons. The molecule has 0 saturated heterocycles. The molecular weight excluding hydrogens is 328 g/mol. The molecule has 0 bridgehead atoms. The monoisotopic (exact) mass is 348 g/mol. The summed E-state index contributed by atoms with van der Waals surface area (Å²) in [5.41, 5.74) is 4.85. The maximum absolute atomic E-state index is 12.5. The van der Waals surface area contributed by atoms with Crippen LogP contribution in [0.2, 0.25) is 0 Å². The van der Waals surface area contributed by atoms with Gasteiger partial charge in [0.1, 0.15) is 0 Å². The van der Waals surface area contributed by atoms with Crippen LogP contribution in [0.1, 0.15) is 27.0 Å². The summed E-state index contributed by atoms with van der Waals surface area (Å²) < 4.78 is 0. The van der Waals surface area contributed by atoms with Gasteiger partial charge in [0.2, 0.25) is 0 Å². The lowest BCUT2D eigenvalue weighted by atomic mass is 10.1. The number of carbonyl (C=O) groups excluding carboxylic acids is 1. The summed E-state index contributed by atoms with van der Waals surface area (Å²) in [5.74, 6) is 0.747. The number of hydrogen-bond donors (Lipinski definition) is 1. The number of carbonyl (C=O) groups is 1. The minimum absolute atomic E-state index is 0.0821. The van der Waals surface area contributed by atoms with Gasteiger partial charge < -0.3 is 5.32 Å². The number of rotatable bonds is 5. The van der Waals surface area contributed by atoms with Gasteiger partial charge in [-0.05, 0) is 54.8 Å². The third-order valence-corrected chi connectivity index (χ3v) is 4.98. The second kappa shape index (κ2) is 7.99. The Hall–Kier alpha value is -2.59. The van der Waals surface area contributed by atoms with Crippen LogP contribution < -0.4 is 5.32 Å². The van der Waals surface area contributed by atoms with E-state index in [1.54, 1.807) is 18.0 Å². The van der Waals surface area contributed by atoms with Crippen molar-refractivity contribution in [3.63, 3.8) is 0 Å². The molecule has 25 heavy (non-hydrogen) atoms. The van der Waals surface area contributed by atoms with Gasteiger partial charge in [0.25, 0.3) is 5.91 Å². The largest absolute Gasteiger partial charge is 0.322 e.